The predicted octanol–water partition coefficient (Wildman–Crippen LogP) is 21.1. The number of carbonyl (C=O) groups excluding carboxylic acids is 3. The molecule has 1 atom stereocenters. The number of hydrogen-bond donors (Lipinski definition) is 0. The number of allylic oxidation sites excluding steroid dienone is 14. The third-order valence-electron chi connectivity index (χ3n) is 13.4. The van der Waals surface area contributed by atoms with Gasteiger partial charge in [-0.25, -0.2) is 0 Å². The van der Waals surface area contributed by atoms with E-state index in [1.165, 1.54) is 148 Å². The summed E-state index contributed by atoms with van der Waals surface area (Å²) in [4.78, 5) is 38.2. The zero-order valence-corrected chi connectivity index (χ0v) is 48.1. The van der Waals surface area contributed by atoms with E-state index in [1.54, 1.807) is 0 Å². The predicted molar refractivity (Wildman–Crippen MR) is 316 cm³/mol. The summed E-state index contributed by atoms with van der Waals surface area (Å²) in [5, 5.41) is 0. The van der Waals surface area contributed by atoms with Gasteiger partial charge < -0.3 is 14.2 Å². The lowest BCUT2D eigenvalue weighted by Crippen LogP contribution is -2.30. The van der Waals surface area contributed by atoms with Gasteiger partial charge in [-0.2, -0.15) is 0 Å². The molecule has 0 aromatic carbocycles. The summed E-state index contributed by atoms with van der Waals surface area (Å²) in [7, 11) is 0. The molecule has 0 N–H and O–H groups in total. The van der Waals surface area contributed by atoms with Crippen LogP contribution in [0.4, 0.5) is 0 Å². The van der Waals surface area contributed by atoms with Gasteiger partial charge in [-0.15, -0.1) is 0 Å². The van der Waals surface area contributed by atoms with Gasteiger partial charge in [0.1, 0.15) is 13.2 Å². The number of carbonyl (C=O) groups is 3. The summed E-state index contributed by atoms with van der Waals surface area (Å²) in [6, 6.07) is 0. The first kappa shape index (κ1) is 69.6. The van der Waals surface area contributed by atoms with Crippen LogP contribution in [-0.2, 0) is 28.6 Å². The van der Waals surface area contributed by atoms with Crippen molar-refractivity contribution in [2.45, 2.75) is 309 Å². The molecule has 0 bridgehead atoms. The average Bonchev–Trinajstić information content (AvgIpc) is 3.39. The van der Waals surface area contributed by atoms with E-state index in [1.807, 2.05) is 0 Å². The fourth-order valence-electron chi connectivity index (χ4n) is 8.69. The van der Waals surface area contributed by atoms with Crippen molar-refractivity contribution >= 4 is 17.9 Å². The van der Waals surface area contributed by atoms with E-state index < -0.39 is 6.10 Å². The van der Waals surface area contributed by atoms with Crippen LogP contribution in [0, 0.1) is 0 Å². The summed E-state index contributed by atoms with van der Waals surface area (Å²) in [6.07, 6.45) is 80.1. The van der Waals surface area contributed by atoms with Gasteiger partial charge in [0.05, 0.1) is 0 Å². The maximum absolute atomic E-state index is 12.9. The quantitative estimate of drug-likeness (QED) is 0.0261. The van der Waals surface area contributed by atoms with E-state index in [9.17, 15) is 14.4 Å². The zero-order valence-electron chi connectivity index (χ0n) is 48.1. The molecule has 0 saturated carbocycles. The van der Waals surface area contributed by atoms with E-state index in [4.69, 9.17) is 14.2 Å². The average molecular weight is 1020 g/mol. The molecule has 0 aliphatic carbocycles. The van der Waals surface area contributed by atoms with Crippen LogP contribution in [0.2, 0.25) is 0 Å². The van der Waals surface area contributed by atoms with Gasteiger partial charge in [-0.1, -0.05) is 254 Å². The smallest absolute Gasteiger partial charge is 0.306 e. The van der Waals surface area contributed by atoms with Gasteiger partial charge in [-0.05, 0) is 116 Å². The lowest BCUT2D eigenvalue weighted by atomic mass is 10.1. The van der Waals surface area contributed by atoms with Gasteiger partial charge in [-0.3, -0.25) is 14.4 Å². The van der Waals surface area contributed by atoms with Crippen molar-refractivity contribution in [2.24, 2.45) is 0 Å². The first-order valence-electron chi connectivity index (χ1n) is 31.1. The standard InChI is InChI=1S/C67H116O6/c1-4-7-10-13-16-19-22-25-28-29-30-31-32-33-34-35-36-37-40-42-45-48-51-54-57-60-66(69)72-63-64(73-67(70)61-58-55-52-49-46-43-39-27-24-21-18-15-12-9-6-3)62-71-65(68)59-56-53-50-47-44-41-38-26-23-20-17-14-11-8-5-2/h9,12,18,21-22,25-27,29-30,32-33,38-39,64H,4-8,10-11,13-17,19-20,23-24,28,31,34-37,40-63H2,1-3H3/b12-9-,21-18-,25-22-,30-29-,33-32-,38-26-,39-27-. The molecule has 73 heavy (non-hydrogen) atoms. The minimum atomic E-state index is -0.792. The third kappa shape index (κ3) is 59.3. The highest BCUT2D eigenvalue weighted by Gasteiger charge is 2.19. The fourth-order valence-corrected chi connectivity index (χ4v) is 8.69. The molecule has 0 heterocycles. The minimum Gasteiger partial charge on any atom is -0.462 e. The van der Waals surface area contributed by atoms with Crippen molar-refractivity contribution in [1.82, 2.24) is 0 Å². The Kier molecular flexibility index (Phi) is 58.3. The molecule has 0 fully saturated rings. The summed E-state index contributed by atoms with van der Waals surface area (Å²) in [5.41, 5.74) is 0. The number of hydrogen-bond acceptors (Lipinski definition) is 6. The Balaban J connectivity index is 4.34. The Morgan fingerprint density at radius 3 is 0.849 bits per heavy atom. The summed E-state index contributed by atoms with van der Waals surface area (Å²) in [5.74, 6) is -0.908. The third-order valence-corrected chi connectivity index (χ3v) is 13.4. The highest BCUT2D eigenvalue weighted by molar-refractivity contribution is 5.71. The molecule has 1 unspecified atom stereocenters. The zero-order chi connectivity index (χ0) is 52.9. The molecule has 0 rings (SSSR count). The fraction of sp³-hybridized carbons (Fsp3) is 0.746. The molecule has 0 radical (unpaired) electrons. The maximum atomic E-state index is 12.9. The highest BCUT2D eigenvalue weighted by atomic mass is 16.6. The van der Waals surface area contributed by atoms with E-state index in [2.05, 4.69) is 106 Å². The normalized spacial score (nSPS) is 12.6. The lowest BCUT2D eigenvalue weighted by Gasteiger charge is -2.18. The van der Waals surface area contributed by atoms with Crippen molar-refractivity contribution < 1.29 is 28.6 Å². The summed E-state index contributed by atoms with van der Waals surface area (Å²) < 4.78 is 16.9. The van der Waals surface area contributed by atoms with Gasteiger partial charge in [0.25, 0.3) is 0 Å². The second kappa shape index (κ2) is 61.1. The van der Waals surface area contributed by atoms with Crippen LogP contribution in [0.25, 0.3) is 0 Å². The number of esters is 3. The van der Waals surface area contributed by atoms with Crippen LogP contribution in [0.15, 0.2) is 85.1 Å². The van der Waals surface area contributed by atoms with Crippen LogP contribution >= 0.6 is 0 Å². The Labute approximate surface area is 452 Å². The Morgan fingerprint density at radius 1 is 0.288 bits per heavy atom. The van der Waals surface area contributed by atoms with Crippen molar-refractivity contribution in [2.75, 3.05) is 13.2 Å². The first-order valence-corrected chi connectivity index (χ1v) is 31.1. The van der Waals surface area contributed by atoms with E-state index >= 15 is 0 Å². The van der Waals surface area contributed by atoms with Gasteiger partial charge >= 0.3 is 17.9 Å². The molecule has 6 nitrogen and oxygen atoms in total. The molecule has 420 valence electrons. The van der Waals surface area contributed by atoms with Crippen molar-refractivity contribution in [3.8, 4) is 0 Å². The monoisotopic (exact) mass is 1020 g/mol. The summed E-state index contributed by atoms with van der Waals surface area (Å²) in [6.45, 7) is 6.51. The van der Waals surface area contributed by atoms with Crippen LogP contribution < -0.4 is 0 Å². The Hall–Kier alpha value is -3.41. The topological polar surface area (TPSA) is 78.9 Å². The molecular formula is C67H116O6. The molecule has 0 saturated heterocycles. The van der Waals surface area contributed by atoms with E-state index in [-0.39, 0.29) is 31.1 Å². The first-order chi connectivity index (χ1) is 36.0. The van der Waals surface area contributed by atoms with Crippen molar-refractivity contribution in [3.63, 3.8) is 0 Å². The molecule has 0 aromatic rings. The number of ether oxygens (including phenoxy) is 3. The van der Waals surface area contributed by atoms with E-state index in [0.29, 0.717) is 19.3 Å². The van der Waals surface area contributed by atoms with Crippen LogP contribution in [0.3, 0.4) is 0 Å². The van der Waals surface area contributed by atoms with E-state index in [0.717, 1.165) is 116 Å². The SMILES string of the molecule is CC/C=C\C/C=C\C/C=C\CCCCCCCC(=O)OC(COC(=O)CCCCCCC/C=C\CCCCCCCC)COC(=O)CCCCCCCCCCCC/C=C\C/C=C\C/C=C\CCCCCCC. The molecule has 0 aliphatic rings. The lowest BCUT2D eigenvalue weighted by molar-refractivity contribution is -0.167. The number of unbranched alkanes of at least 4 members (excludes halogenated alkanes) is 31. The Bertz CT molecular complexity index is 1400. The summed E-state index contributed by atoms with van der Waals surface area (Å²) >= 11 is 0. The second-order valence-electron chi connectivity index (χ2n) is 20.6. The molecule has 0 spiro atoms. The van der Waals surface area contributed by atoms with Gasteiger partial charge in [0.15, 0.2) is 6.10 Å². The van der Waals surface area contributed by atoms with Crippen LogP contribution in [0.1, 0.15) is 303 Å². The van der Waals surface area contributed by atoms with Crippen LogP contribution in [-0.4, -0.2) is 37.2 Å². The molecular weight excluding hydrogens is 901 g/mol. The highest BCUT2D eigenvalue weighted by Crippen LogP contribution is 2.15. The molecule has 0 aliphatic heterocycles. The van der Waals surface area contributed by atoms with Crippen LogP contribution in [0.5, 0.6) is 0 Å². The molecule has 0 aromatic heterocycles. The largest absolute Gasteiger partial charge is 0.462 e. The Morgan fingerprint density at radius 2 is 0.534 bits per heavy atom. The number of rotatable bonds is 56. The van der Waals surface area contributed by atoms with Gasteiger partial charge in [0.2, 0.25) is 0 Å². The molecule has 6 heteroatoms. The van der Waals surface area contributed by atoms with Crippen molar-refractivity contribution in [3.05, 3.63) is 85.1 Å². The maximum Gasteiger partial charge on any atom is 0.306 e. The molecule has 0 amide bonds. The van der Waals surface area contributed by atoms with Crippen molar-refractivity contribution in [1.29, 1.82) is 0 Å². The van der Waals surface area contributed by atoms with Gasteiger partial charge in [0, 0.05) is 19.3 Å². The second-order valence-corrected chi connectivity index (χ2v) is 20.6. The minimum absolute atomic E-state index is 0.0877.